The van der Waals surface area contributed by atoms with Gasteiger partial charge in [0.1, 0.15) is 0 Å². The summed E-state index contributed by atoms with van der Waals surface area (Å²) in [7, 11) is 4.14. The molecule has 1 atom stereocenters. The van der Waals surface area contributed by atoms with Crippen LogP contribution in [0, 0.1) is 0 Å². The van der Waals surface area contributed by atoms with Gasteiger partial charge in [0, 0.05) is 24.5 Å². The molecule has 0 radical (unpaired) electrons. The molecule has 5 heteroatoms. The van der Waals surface area contributed by atoms with Gasteiger partial charge in [0.2, 0.25) is 5.91 Å². The number of thiazole rings is 1. The summed E-state index contributed by atoms with van der Waals surface area (Å²) in [6.07, 6.45) is 1.53. The summed E-state index contributed by atoms with van der Waals surface area (Å²) >= 11 is 1.54. The van der Waals surface area contributed by atoms with Crippen molar-refractivity contribution in [2.45, 2.75) is 18.9 Å². The fraction of sp³-hybridized carbons (Fsp3) is 0.636. The molecule has 2 rings (SSSR count). The zero-order valence-corrected chi connectivity index (χ0v) is 10.5. The summed E-state index contributed by atoms with van der Waals surface area (Å²) in [5.41, 5.74) is 2.66. The van der Waals surface area contributed by atoms with Crippen molar-refractivity contribution in [3.63, 3.8) is 0 Å². The lowest BCUT2D eigenvalue weighted by molar-refractivity contribution is -0.129. The second-order valence-corrected chi connectivity index (χ2v) is 5.12. The van der Waals surface area contributed by atoms with Crippen LogP contribution < -0.4 is 0 Å². The second kappa shape index (κ2) is 4.93. The Bertz CT molecular complexity index is 350. The molecule has 1 aromatic rings. The standard InChI is InChI=1S/C11H17N3OS/c1-13(2)10-3-4-14(6-10)11(15)5-9-7-16-8-12-9/h7-8,10H,3-6H2,1-2H3. The number of hydrogen-bond acceptors (Lipinski definition) is 4. The monoisotopic (exact) mass is 239 g/mol. The maximum absolute atomic E-state index is 12.0. The van der Waals surface area contributed by atoms with Crippen LogP contribution in [-0.2, 0) is 11.2 Å². The third-order valence-corrected chi connectivity index (χ3v) is 3.70. The molecular weight excluding hydrogens is 222 g/mol. The first kappa shape index (κ1) is 11.5. The molecule has 1 aliphatic heterocycles. The van der Waals surface area contributed by atoms with E-state index in [1.165, 1.54) is 11.3 Å². The highest BCUT2D eigenvalue weighted by Crippen LogP contribution is 2.14. The van der Waals surface area contributed by atoms with Gasteiger partial charge in [-0.3, -0.25) is 4.79 Å². The molecule has 0 bridgehead atoms. The average Bonchev–Trinajstić information content (AvgIpc) is 2.86. The predicted molar refractivity (Wildman–Crippen MR) is 64.5 cm³/mol. The fourth-order valence-corrected chi connectivity index (χ4v) is 2.54. The molecule has 4 nitrogen and oxygen atoms in total. The lowest BCUT2D eigenvalue weighted by Crippen LogP contribution is -2.35. The van der Waals surface area contributed by atoms with E-state index in [9.17, 15) is 4.79 Å². The highest BCUT2D eigenvalue weighted by Gasteiger charge is 2.27. The predicted octanol–water partition coefficient (Wildman–Crippen LogP) is 0.848. The minimum absolute atomic E-state index is 0.204. The molecule has 1 fully saturated rings. The first-order chi connectivity index (χ1) is 7.66. The molecule has 0 N–H and O–H groups in total. The number of aromatic nitrogens is 1. The molecule has 1 amide bonds. The van der Waals surface area contributed by atoms with E-state index in [1.807, 2.05) is 10.3 Å². The minimum Gasteiger partial charge on any atom is -0.341 e. The number of amides is 1. The maximum Gasteiger partial charge on any atom is 0.228 e. The van der Waals surface area contributed by atoms with E-state index < -0.39 is 0 Å². The van der Waals surface area contributed by atoms with Crippen LogP contribution in [0.1, 0.15) is 12.1 Å². The van der Waals surface area contributed by atoms with Crippen LogP contribution in [0.25, 0.3) is 0 Å². The van der Waals surface area contributed by atoms with E-state index >= 15 is 0 Å². The summed E-state index contributed by atoms with van der Waals surface area (Å²) < 4.78 is 0. The van der Waals surface area contributed by atoms with Crippen LogP contribution in [0.3, 0.4) is 0 Å². The topological polar surface area (TPSA) is 36.4 Å². The van der Waals surface area contributed by atoms with Gasteiger partial charge in [0.15, 0.2) is 0 Å². The van der Waals surface area contributed by atoms with Gasteiger partial charge in [-0.15, -0.1) is 11.3 Å². The molecule has 1 aliphatic rings. The molecule has 2 heterocycles. The van der Waals surface area contributed by atoms with Gasteiger partial charge >= 0.3 is 0 Å². The maximum atomic E-state index is 12.0. The number of carbonyl (C=O) groups is 1. The van der Waals surface area contributed by atoms with Gasteiger partial charge in [0.05, 0.1) is 17.6 Å². The van der Waals surface area contributed by atoms with E-state index in [4.69, 9.17) is 0 Å². The van der Waals surface area contributed by atoms with Crippen molar-refractivity contribution >= 4 is 17.2 Å². The number of carbonyl (C=O) groups excluding carboxylic acids is 1. The Labute approximate surface area is 99.9 Å². The van der Waals surface area contributed by atoms with Crippen molar-refractivity contribution in [3.05, 3.63) is 16.6 Å². The lowest BCUT2D eigenvalue weighted by atomic mass is 10.2. The fourth-order valence-electron chi connectivity index (χ4n) is 1.98. The highest BCUT2D eigenvalue weighted by molar-refractivity contribution is 7.07. The molecular formula is C11H17N3OS. The Morgan fingerprint density at radius 2 is 2.50 bits per heavy atom. The SMILES string of the molecule is CN(C)C1CCN(C(=O)Cc2cscn2)C1. The van der Waals surface area contributed by atoms with Crippen LogP contribution in [0.4, 0.5) is 0 Å². The van der Waals surface area contributed by atoms with Gasteiger partial charge in [0.25, 0.3) is 0 Å². The Hall–Kier alpha value is -0.940. The van der Waals surface area contributed by atoms with Crippen molar-refractivity contribution < 1.29 is 4.79 Å². The molecule has 0 saturated carbocycles. The highest BCUT2D eigenvalue weighted by atomic mass is 32.1. The Morgan fingerprint density at radius 1 is 1.69 bits per heavy atom. The first-order valence-corrected chi connectivity index (χ1v) is 6.42. The summed E-state index contributed by atoms with van der Waals surface area (Å²) in [5, 5.41) is 1.94. The van der Waals surface area contributed by atoms with E-state index in [0.29, 0.717) is 12.5 Å². The smallest absolute Gasteiger partial charge is 0.228 e. The average molecular weight is 239 g/mol. The van der Waals surface area contributed by atoms with Crippen molar-refractivity contribution in [1.82, 2.24) is 14.8 Å². The molecule has 1 unspecified atom stereocenters. The second-order valence-electron chi connectivity index (χ2n) is 4.40. The van der Waals surface area contributed by atoms with Gasteiger partial charge in [-0.1, -0.05) is 0 Å². The Morgan fingerprint density at radius 3 is 3.06 bits per heavy atom. The molecule has 0 spiro atoms. The lowest BCUT2D eigenvalue weighted by Gasteiger charge is -2.20. The number of rotatable bonds is 3. The van der Waals surface area contributed by atoms with Gasteiger partial charge in [-0.05, 0) is 20.5 Å². The quantitative estimate of drug-likeness (QED) is 0.784. The first-order valence-electron chi connectivity index (χ1n) is 5.48. The molecule has 1 saturated heterocycles. The molecule has 0 aromatic carbocycles. The minimum atomic E-state index is 0.204. The molecule has 88 valence electrons. The van der Waals surface area contributed by atoms with Crippen LogP contribution in [0.5, 0.6) is 0 Å². The number of likely N-dealkylation sites (N-methyl/N-ethyl adjacent to an activating group) is 1. The van der Waals surface area contributed by atoms with Crippen molar-refractivity contribution in [3.8, 4) is 0 Å². The number of likely N-dealkylation sites (tertiary alicyclic amines) is 1. The number of hydrogen-bond donors (Lipinski definition) is 0. The zero-order chi connectivity index (χ0) is 11.5. The summed E-state index contributed by atoms with van der Waals surface area (Å²) in [6.45, 7) is 1.74. The molecule has 1 aromatic heterocycles. The van der Waals surface area contributed by atoms with E-state index in [1.54, 1.807) is 5.51 Å². The normalized spacial score (nSPS) is 20.7. The number of nitrogens with zero attached hydrogens (tertiary/aromatic N) is 3. The van der Waals surface area contributed by atoms with Crippen molar-refractivity contribution in [2.24, 2.45) is 0 Å². The molecule has 16 heavy (non-hydrogen) atoms. The summed E-state index contributed by atoms with van der Waals surface area (Å²) in [5.74, 6) is 0.204. The van der Waals surface area contributed by atoms with Gasteiger partial charge in [-0.2, -0.15) is 0 Å². The van der Waals surface area contributed by atoms with E-state index in [2.05, 4.69) is 24.0 Å². The Kier molecular flexibility index (Phi) is 3.56. The largest absolute Gasteiger partial charge is 0.341 e. The summed E-state index contributed by atoms with van der Waals surface area (Å²) in [6, 6.07) is 0.513. The van der Waals surface area contributed by atoms with E-state index in [0.717, 1.165) is 25.2 Å². The van der Waals surface area contributed by atoms with E-state index in [-0.39, 0.29) is 5.91 Å². The van der Waals surface area contributed by atoms with Crippen LogP contribution in [0.2, 0.25) is 0 Å². The zero-order valence-electron chi connectivity index (χ0n) is 9.72. The van der Waals surface area contributed by atoms with Gasteiger partial charge in [-0.25, -0.2) is 4.98 Å². The van der Waals surface area contributed by atoms with Crippen molar-refractivity contribution in [1.29, 1.82) is 0 Å². The molecule has 0 aliphatic carbocycles. The summed E-state index contributed by atoms with van der Waals surface area (Å²) in [4.78, 5) is 20.2. The van der Waals surface area contributed by atoms with Crippen LogP contribution in [0.15, 0.2) is 10.9 Å². The third kappa shape index (κ3) is 2.59. The Balaban J connectivity index is 1.87. The van der Waals surface area contributed by atoms with Crippen LogP contribution >= 0.6 is 11.3 Å². The van der Waals surface area contributed by atoms with Crippen LogP contribution in [-0.4, -0.2) is 53.9 Å². The third-order valence-electron chi connectivity index (χ3n) is 3.06. The van der Waals surface area contributed by atoms with Crippen molar-refractivity contribution in [2.75, 3.05) is 27.2 Å². The van der Waals surface area contributed by atoms with Gasteiger partial charge < -0.3 is 9.80 Å².